The van der Waals surface area contributed by atoms with Crippen LogP contribution in [0.3, 0.4) is 0 Å². The van der Waals surface area contributed by atoms with Gasteiger partial charge in [-0.25, -0.2) is 0 Å². The number of hydrogen-bond acceptors (Lipinski definition) is 3. The van der Waals surface area contributed by atoms with Gasteiger partial charge in [0.2, 0.25) is 5.91 Å². The topological polar surface area (TPSA) is 75.6 Å². The molecular weight excluding hydrogens is 234 g/mol. The van der Waals surface area contributed by atoms with Crippen LogP contribution in [0.25, 0.3) is 0 Å². The Bertz CT molecular complexity index is 290. The molecule has 106 valence electrons. The van der Waals surface area contributed by atoms with Gasteiger partial charge in [-0.1, -0.05) is 13.8 Å². The lowest BCUT2D eigenvalue weighted by atomic mass is 9.82. The molecule has 0 saturated carbocycles. The van der Waals surface area contributed by atoms with Gasteiger partial charge in [0.25, 0.3) is 0 Å². The third kappa shape index (κ3) is 5.49. The minimum Gasteiger partial charge on any atom is -0.481 e. The van der Waals surface area contributed by atoms with Crippen molar-refractivity contribution in [2.45, 2.75) is 53.1 Å². The molecule has 0 aromatic rings. The Morgan fingerprint density at radius 3 is 2.00 bits per heavy atom. The summed E-state index contributed by atoms with van der Waals surface area (Å²) in [6, 6.07) is 0. The van der Waals surface area contributed by atoms with Gasteiger partial charge in [0.15, 0.2) is 0 Å². The van der Waals surface area contributed by atoms with Crippen molar-refractivity contribution in [3.8, 4) is 0 Å². The fraction of sp³-hybridized carbons (Fsp3) is 0.846. The van der Waals surface area contributed by atoms with Crippen molar-refractivity contribution in [2.24, 2.45) is 5.41 Å². The first kappa shape index (κ1) is 16.9. The van der Waals surface area contributed by atoms with Crippen LogP contribution in [-0.4, -0.2) is 35.7 Å². The maximum atomic E-state index is 11.6. The van der Waals surface area contributed by atoms with Crippen LogP contribution in [0.15, 0.2) is 0 Å². The first-order valence-corrected chi connectivity index (χ1v) is 6.31. The standard InChI is InChI=1S/C13H25NO4/c1-6-13(7-2,11(16)17)9-14-10(15)8-18-12(3,4)5/h6-9H2,1-5H3,(H,14,15)(H,16,17). The van der Waals surface area contributed by atoms with Crippen LogP contribution in [-0.2, 0) is 14.3 Å². The van der Waals surface area contributed by atoms with Gasteiger partial charge in [-0.3, -0.25) is 9.59 Å². The molecule has 5 heteroatoms. The lowest BCUT2D eigenvalue weighted by Gasteiger charge is -2.27. The monoisotopic (exact) mass is 259 g/mol. The second kappa shape index (κ2) is 6.73. The third-order valence-electron chi connectivity index (χ3n) is 3.07. The Morgan fingerprint density at radius 2 is 1.67 bits per heavy atom. The molecule has 0 aliphatic carbocycles. The average Bonchev–Trinajstić information content (AvgIpc) is 2.27. The van der Waals surface area contributed by atoms with Crippen molar-refractivity contribution in [1.29, 1.82) is 0 Å². The van der Waals surface area contributed by atoms with Crippen LogP contribution < -0.4 is 5.32 Å². The SMILES string of the molecule is CCC(CC)(CNC(=O)COC(C)(C)C)C(=O)O. The van der Waals surface area contributed by atoms with Crippen molar-refractivity contribution in [3.63, 3.8) is 0 Å². The van der Waals surface area contributed by atoms with Gasteiger partial charge >= 0.3 is 5.97 Å². The number of carbonyl (C=O) groups excluding carboxylic acids is 1. The first-order valence-electron chi connectivity index (χ1n) is 6.31. The number of nitrogens with one attached hydrogen (secondary N) is 1. The highest BCUT2D eigenvalue weighted by Gasteiger charge is 2.35. The van der Waals surface area contributed by atoms with Crippen molar-refractivity contribution in [1.82, 2.24) is 5.32 Å². The summed E-state index contributed by atoms with van der Waals surface area (Å²) in [7, 11) is 0. The summed E-state index contributed by atoms with van der Waals surface area (Å²) < 4.78 is 5.32. The van der Waals surface area contributed by atoms with E-state index < -0.39 is 11.4 Å². The van der Waals surface area contributed by atoms with E-state index in [-0.39, 0.29) is 24.7 Å². The van der Waals surface area contributed by atoms with Gasteiger partial charge < -0.3 is 15.2 Å². The van der Waals surface area contributed by atoms with Crippen LogP contribution in [0, 0.1) is 5.41 Å². The fourth-order valence-electron chi connectivity index (χ4n) is 1.48. The smallest absolute Gasteiger partial charge is 0.311 e. The maximum Gasteiger partial charge on any atom is 0.311 e. The summed E-state index contributed by atoms with van der Waals surface area (Å²) in [5.74, 6) is -1.15. The Labute approximate surface area is 109 Å². The van der Waals surface area contributed by atoms with E-state index in [0.717, 1.165) is 0 Å². The van der Waals surface area contributed by atoms with Crippen LogP contribution in [0.4, 0.5) is 0 Å². The lowest BCUT2D eigenvalue weighted by Crippen LogP contribution is -2.44. The Hall–Kier alpha value is -1.10. The predicted molar refractivity (Wildman–Crippen MR) is 69.4 cm³/mol. The van der Waals surface area contributed by atoms with Crippen molar-refractivity contribution in [2.75, 3.05) is 13.2 Å². The molecule has 0 aromatic heterocycles. The quantitative estimate of drug-likeness (QED) is 0.731. The minimum atomic E-state index is -0.878. The molecule has 0 saturated heterocycles. The Morgan fingerprint density at radius 1 is 1.17 bits per heavy atom. The van der Waals surface area contributed by atoms with Crippen molar-refractivity contribution < 1.29 is 19.4 Å². The molecule has 0 aromatic carbocycles. The Kier molecular flexibility index (Phi) is 6.32. The van der Waals surface area contributed by atoms with E-state index in [1.807, 2.05) is 34.6 Å². The molecule has 0 atom stereocenters. The molecule has 0 aliphatic rings. The number of hydrogen-bond donors (Lipinski definition) is 2. The van der Waals surface area contributed by atoms with E-state index in [4.69, 9.17) is 4.74 Å². The summed E-state index contributed by atoms with van der Waals surface area (Å²) >= 11 is 0. The number of carboxylic acid groups (broad SMARTS) is 1. The maximum absolute atomic E-state index is 11.6. The van der Waals surface area contributed by atoms with Gasteiger partial charge in [-0.05, 0) is 33.6 Å². The van der Waals surface area contributed by atoms with Gasteiger partial charge in [0.05, 0.1) is 11.0 Å². The normalized spacial score (nSPS) is 12.3. The largest absolute Gasteiger partial charge is 0.481 e. The van der Waals surface area contributed by atoms with Gasteiger partial charge in [-0.15, -0.1) is 0 Å². The van der Waals surface area contributed by atoms with Gasteiger partial charge in [0.1, 0.15) is 6.61 Å². The molecule has 0 spiro atoms. The molecule has 1 amide bonds. The van der Waals surface area contributed by atoms with Gasteiger partial charge in [-0.2, -0.15) is 0 Å². The number of rotatable bonds is 7. The molecule has 0 fully saturated rings. The van der Waals surface area contributed by atoms with Crippen LogP contribution in [0.1, 0.15) is 47.5 Å². The van der Waals surface area contributed by atoms with E-state index in [1.54, 1.807) is 0 Å². The van der Waals surface area contributed by atoms with E-state index in [2.05, 4.69) is 5.32 Å². The summed E-state index contributed by atoms with van der Waals surface area (Å²) in [5, 5.41) is 11.8. The summed E-state index contributed by atoms with van der Waals surface area (Å²) in [5.41, 5.74) is -1.26. The number of carboxylic acids is 1. The highest BCUT2D eigenvalue weighted by atomic mass is 16.5. The van der Waals surface area contributed by atoms with Crippen molar-refractivity contribution in [3.05, 3.63) is 0 Å². The minimum absolute atomic E-state index is 0.0490. The number of ether oxygens (including phenoxy) is 1. The van der Waals surface area contributed by atoms with Crippen LogP contribution >= 0.6 is 0 Å². The lowest BCUT2D eigenvalue weighted by molar-refractivity contribution is -0.149. The predicted octanol–water partition coefficient (Wildman–Crippen LogP) is 1.81. The van der Waals surface area contributed by atoms with E-state index in [1.165, 1.54) is 0 Å². The van der Waals surface area contributed by atoms with E-state index in [0.29, 0.717) is 12.8 Å². The number of carbonyl (C=O) groups is 2. The van der Waals surface area contributed by atoms with E-state index >= 15 is 0 Å². The van der Waals surface area contributed by atoms with Crippen molar-refractivity contribution >= 4 is 11.9 Å². The molecule has 0 radical (unpaired) electrons. The molecule has 0 heterocycles. The molecule has 0 rings (SSSR count). The molecule has 5 nitrogen and oxygen atoms in total. The second-order valence-electron chi connectivity index (χ2n) is 5.47. The number of aliphatic carboxylic acids is 1. The highest BCUT2D eigenvalue weighted by Crippen LogP contribution is 2.25. The molecule has 2 N–H and O–H groups in total. The van der Waals surface area contributed by atoms with E-state index in [9.17, 15) is 14.7 Å². The zero-order chi connectivity index (χ0) is 14.4. The summed E-state index contributed by atoms with van der Waals surface area (Å²) in [6.07, 6.45) is 0.971. The zero-order valence-corrected chi connectivity index (χ0v) is 12.0. The second-order valence-corrected chi connectivity index (χ2v) is 5.47. The summed E-state index contributed by atoms with van der Waals surface area (Å²) in [6.45, 7) is 9.30. The zero-order valence-electron chi connectivity index (χ0n) is 12.0. The average molecular weight is 259 g/mol. The highest BCUT2D eigenvalue weighted by molar-refractivity contribution is 5.79. The number of amides is 1. The molecule has 0 unspecified atom stereocenters. The van der Waals surface area contributed by atoms with Crippen LogP contribution in [0.2, 0.25) is 0 Å². The molecule has 0 bridgehead atoms. The third-order valence-corrected chi connectivity index (χ3v) is 3.07. The van der Waals surface area contributed by atoms with Gasteiger partial charge in [0, 0.05) is 6.54 Å². The first-order chi connectivity index (χ1) is 8.17. The molecule has 0 aliphatic heterocycles. The Balaban J connectivity index is 4.29. The molecular formula is C13H25NO4. The van der Waals surface area contributed by atoms with Crippen LogP contribution in [0.5, 0.6) is 0 Å². The summed E-state index contributed by atoms with van der Waals surface area (Å²) in [4.78, 5) is 22.8. The fourth-order valence-corrected chi connectivity index (χ4v) is 1.48. The molecule has 18 heavy (non-hydrogen) atoms.